The number of benzene rings is 4. The van der Waals surface area contributed by atoms with Crippen LogP contribution in [0, 0.1) is 6.92 Å². The third kappa shape index (κ3) is 4.12. The van der Waals surface area contributed by atoms with Gasteiger partial charge in [-0.3, -0.25) is 4.99 Å². The first-order valence-electron chi connectivity index (χ1n) is 9.81. The molecule has 0 bridgehead atoms. The Hall–Kier alpha value is -3.65. The minimum Gasteiger partial charge on any atom is -0.354 e. The molecule has 29 heavy (non-hydrogen) atoms. The molecular weight excluding hydrogens is 352 g/mol. The van der Waals surface area contributed by atoms with Crippen LogP contribution in [0.1, 0.15) is 16.7 Å². The lowest BCUT2D eigenvalue weighted by atomic mass is 10.0. The van der Waals surface area contributed by atoms with Crippen LogP contribution in [0.25, 0.3) is 16.5 Å². The van der Waals surface area contributed by atoms with E-state index in [0.717, 1.165) is 28.2 Å². The fourth-order valence-electron chi connectivity index (χ4n) is 3.51. The second kappa shape index (κ2) is 8.57. The molecule has 0 spiro atoms. The van der Waals surface area contributed by atoms with Crippen molar-refractivity contribution in [1.82, 2.24) is 0 Å². The molecule has 0 fully saturated rings. The van der Waals surface area contributed by atoms with Crippen molar-refractivity contribution in [3.05, 3.63) is 120 Å². The molecule has 0 atom stereocenters. The molecule has 2 heteroatoms. The SMILES string of the molecule is C/N=C(\C=C(/Nc1c(C)ccc2ccccc12)c1ccccc1)c1ccccc1. The van der Waals surface area contributed by atoms with Gasteiger partial charge in [0.25, 0.3) is 0 Å². The van der Waals surface area contributed by atoms with Crippen molar-refractivity contribution < 1.29 is 0 Å². The molecule has 0 heterocycles. The highest BCUT2D eigenvalue weighted by Gasteiger charge is 2.10. The number of rotatable bonds is 5. The maximum absolute atomic E-state index is 4.55. The average molecular weight is 377 g/mol. The maximum atomic E-state index is 4.55. The number of allylic oxidation sites excluding steroid dienone is 1. The molecular formula is C27H24N2. The summed E-state index contributed by atoms with van der Waals surface area (Å²) in [6, 6.07) is 33.5. The van der Waals surface area contributed by atoms with Crippen molar-refractivity contribution >= 4 is 27.9 Å². The summed E-state index contributed by atoms with van der Waals surface area (Å²) in [5.41, 5.74) is 6.52. The molecule has 0 amide bonds. The van der Waals surface area contributed by atoms with E-state index in [4.69, 9.17) is 0 Å². The summed E-state index contributed by atoms with van der Waals surface area (Å²) in [6.07, 6.45) is 2.13. The van der Waals surface area contributed by atoms with E-state index in [0.29, 0.717) is 0 Å². The number of hydrogen-bond acceptors (Lipinski definition) is 2. The molecule has 0 aliphatic carbocycles. The van der Waals surface area contributed by atoms with Crippen LogP contribution in [0.15, 0.2) is 108 Å². The van der Waals surface area contributed by atoms with Gasteiger partial charge in [0.15, 0.2) is 0 Å². The number of aryl methyl sites for hydroxylation is 1. The number of hydrogen-bond donors (Lipinski definition) is 1. The molecule has 2 nitrogen and oxygen atoms in total. The quantitative estimate of drug-likeness (QED) is 0.384. The maximum Gasteiger partial charge on any atom is 0.0664 e. The summed E-state index contributed by atoms with van der Waals surface area (Å²) in [7, 11) is 1.84. The summed E-state index contributed by atoms with van der Waals surface area (Å²) >= 11 is 0. The van der Waals surface area contributed by atoms with E-state index in [1.807, 2.05) is 31.3 Å². The molecule has 142 valence electrons. The van der Waals surface area contributed by atoms with Gasteiger partial charge in [0, 0.05) is 23.8 Å². The van der Waals surface area contributed by atoms with Crippen LogP contribution in [0.3, 0.4) is 0 Å². The topological polar surface area (TPSA) is 24.4 Å². The predicted octanol–water partition coefficient (Wildman–Crippen LogP) is 6.72. The van der Waals surface area contributed by atoms with Gasteiger partial charge in [0.05, 0.1) is 5.71 Å². The van der Waals surface area contributed by atoms with Crippen LogP contribution in [-0.4, -0.2) is 12.8 Å². The van der Waals surface area contributed by atoms with Gasteiger partial charge in [0.1, 0.15) is 0 Å². The highest BCUT2D eigenvalue weighted by Crippen LogP contribution is 2.30. The zero-order valence-corrected chi connectivity index (χ0v) is 16.8. The number of nitrogens with one attached hydrogen (secondary N) is 1. The van der Waals surface area contributed by atoms with E-state index >= 15 is 0 Å². The van der Waals surface area contributed by atoms with E-state index in [9.17, 15) is 0 Å². The van der Waals surface area contributed by atoms with Crippen LogP contribution < -0.4 is 5.32 Å². The van der Waals surface area contributed by atoms with Crippen molar-refractivity contribution in [2.75, 3.05) is 12.4 Å². The molecule has 0 aromatic heterocycles. The van der Waals surface area contributed by atoms with E-state index < -0.39 is 0 Å². The summed E-state index contributed by atoms with van der Waals surface area (Å²) < 4.78 is 0. The van der Waals surface area contributed by atoms with E-state index in [1.165, 1.54) is 16.3 Å². The van der Waals surface area contributed by atoms with Gasteiger partial charge in [-0.15, -0.1) is 0 Å². The second-order valence-corrected chi connectivity index (χ2v) is 7.00. The first kappa shape index (κ1) is 18.7. The molecule has 0 saturated heterocycles. The standard InChI is InChI=1S/C27H24N2/c1-20-17-18-21-11-9-10-16-24(21)27(20)29-26(23-14-7-4-8-15-23)19-25(28-2)22-12-5-3-6-13-22/h3-19,29H,1-2H3/b26-19-,28-25+. The van der Waals surface area contributed by atoms with E-state index in [-0.39, 0.29) is 0 Å². The smallest absolute Gasteiger partial charge is 0.0664 e. The predicted molar refractivity (Wildman–Crippen MR) is 126 cm³/mol. The molecule has 4 rings (SSSR count). The molecule has 0 radical (unpaired) electrons. The lowest BCUT2D eigenvalue weighted by molar-refractivity contribution is 1.42. The Kier molecular flexibility index (Phi) is 5.53. The Morgan fingerprint density at radius 2 is 1.34 bits per heavy atom. The van der Waals surface area contributed by atoms with Gasteiger partial charge in [-0.1, -0.05) is 97.1 Å². The third-order valence-electron chi connectivity index (χ3n) is 5.07. The van der Waals surface area contributed by atoms with Crippen molar-refractivity contribution in [2.24, 2.45) is 4.99 Å². The normalized spacial score (nSPS) is 12.2. The van der Waals surface area contributed by atoms with E-state index in [2.05, 4.69) is 96.1 Å². The van der Waals surface area contributed by atoms with Gasteiger partial charge in [0.2, 0.25) is 0 Å². The summed E-state index contributed by atoms with van der Waals surface area (Å²) in [4.78, 5) is 4.55. The molecule has 1 N–H and O–H groups in total. The fraction of sp³-hybridized carbons (Fsp3) is 0.0741. The molecule has 4 aromatic carbocycles. The Bertz CT molecular complexity index is 1170. The van der Waals surface area contributed by atoms with Crippen molar-refractivity contribution in [3.8, 4) is 0 Å². The number of anilines is 1. The monoisotopic (exact) mass is 376 g/mol. The molecule has 0 saturated carbocycles. The van der Waals surface area contributed by atoms with Crippen molar-refractivity contribution in [1.29, 1.82) is 0 Å². The zero-order chi connectivity index (χ0) is 20.1. The molecule has 0 aliphatic heterocycles. The third-order valence-corrected chi connectivity index (χ3v) is 5.07. The first-order chi connectivity index (χ1) is 14.3. The first-order valence-corrected chi connectivity index (χ1v) is 9.81. The zero-order valence-electron chi connectivity index (χ0n) is 16.8. The van der Waals surface area contributed by atoms with Crippen LogP contribution in [0.2, 0.25) is 0 Å². The fourth-order valence-corrected chi connectivity index (χ4v) is 3.51. The summed E-state index contributed by atoms with van der Waals surface area (Å²) in [5, 5.41) is 6.16. The van der Waals surface area contributed by atoms with E-state index in [1.54, 1.807) is 0 Å². The lowest BCUT2D eigenvalue weighted by Crippen LogP contribution is -2.06. The Balaban J connectivity index is 1.84. The second-order valence-electron chi connectivity index (χ2n) is 7.00. The van der Waals surface area contributed by atoms with Gasteiger partial charge >= 0.3 is 0 Å². The van der Waals surface area contributed by atoms with Crippen LogP contribution in [-0.2, 0) is 0 Å². The summed E-state index contributed by atoms with van der Waals surface area (Å²) in [6.45, 7) is 2.14. The van der Waals surface area contributed by atoms with Crippen molar-refractivity contribution in [2.45, 2.75) is 6.92 Å². The number of nitrogens with zero attached hydrogens (tertiary/aromatic N) is 1. The van der Waals surface area contributed by atoms with Crippen LogP contribution in [0.5, 0.6) is 0 Å². The molecule has 4 aromatic rings. The Morgan fingerprint density at radius 3 is 2.03 bits per heavy atom. The average Bonchev–Trinajstić information content (AvgIpc) is 2.79. The highest BCUT2D eigenvalue weighted by molar-refractivity contribution is 6.13. The Labute approximate surface area is 172 Å². The number of aliphatic imine (C=N–C) groups is 1. The number of fused-ring (bicyclic) bond motifs is 1. The molecule has 0 aliphatic rings. The minimum absolute atomic E-state index is 0.940. The Morgan fingerprint density at radius 1 is 0.724 bits per heavy atom. The van der Waals surface area contributed by atoms with Gasteiger partial charge < -0.3 is 5.32 Å². The molecule has 0 unspecified atom stereocenters. The summed E-state index contributed by atoms with van der Waals surface area (Å²) in [5.74, 6) is 0. The van der Waals surface area contributed by atoms with Crippen molar-refractivity contribution in [3.63, 3.8) is 0 Å². The van der Waals surface area contributed by atoms with Crippen LogP contribution in [0.4, 0.5) is 5.69 Å². The largest absolute Gasteiger partial charge is 0.354 e. The lowest BCUT2D eigenvalue weighted by Gasteiger charge is -2.17. The minimum atomic E-state index is 0.940. The van der Waals surface area contributed by atoms with Gasteiger partial charge in [-0.2, -0.15) is 0 Å². The van der Waals surface area contributed by atoms with Crippen LogP contribution >= 0.6 is 0 Å². The highest BCUT2D eigenvalue weighted by atomic mass is 14.9. The van der Waals surface area contributed by atoms with Gasteiger partial charge in [-0.25, -0.2) is 0 Å². The van der Waals surface area contributed by atoms with Gasteiger partial charge in [-0.05, 0) is 35.1 Å².